The van der Waals surface area contributed by atoms with Crippen LogP contribution in [-0.4, -0.2) is 62.9 Å². The normalized spacial score (nSPS) is 20.3. The second-order valence-electron chi connectivity index (χ2n) is 7.29. The highest BCUT2D eigenvalue weighted by Crippen LogP contribution is 2.35. The van der Waals surface area contributed by atoms with Crippen LogP contribution in [0, 0.1) is 0 Å². The lowest BCUT2D eigenvalue weighted by atomic mass is 9.90. The first-order valence-corrected chi connectivity index (χ1v) is 9.18. The van der Waals surface area contributed by atoms with Crippen LogP contribution in [0.3, 0.4) is 0 Å². The first kappa shape index (κ1) is 18.4. The number of amides is 2. The van der Waals surface area contributed by atoms with Crippen LogP contribution in [-0.2, 0) is 11.8 Å². The van der Waals surface area contributed by atoms with Gasteiger partial charge in [-0.25, -0.2) is 9.48 Å². The monoisotopic (exact) mass is 362 g/mol. The van der Waals surface area contributed by atoms with E-state index in [1.54, 1.807) is 4.90 Å². The lowest BCUT2D eigenvalue weighted by Gasteiger charge is -2.37. The summed E-state index contributed by atoms with van der Waals surface area (Å²) in [5.41, 5.74) is -0.490. The van der Waals surface area contributed by atoms with E-state index in [2.05, 4.69) is 12.0 Å². The summed E-state index contributed by atoms with van der Waals surface area (Å²) in [5, 5.41) is 4.02. The van der Waals surface area contributed by atoms with Gasteiger partial charge in [-0.15, -0.1) is 0 Å². The Labute approximate surface area is 152 Å². The Morgan fingerprint density at radius 1 is 1.31 bits per heavy atom. The third-order valence-corrected chi connectivity index (χ3v) is 5.38. The van der Waals surface area contributed by atoms with Gasteiger partial charge in [0, 0.05) is 45.1 Å². The molecule has 26 heavy (non-hydrogen) atoms. The molecule has 1 aromatic heterocycles. The molecule has 142 valence electrons. The smallest absolute Gasteiger partial charge is 0.410 e. The van der Waals surface area contributed by atoms with Gasteiger partial charge in [-0.2, -0.15) is 5.10 Å². The van der Waals surface area contributed by atoms with Gasteiger partial charge < -0.3 is 14.5 Å². The molecule has 8 nitrogen and oxygen atoms in total. The highest BCUT2D eigenvalue weighted by atomic mass is 16.6. The number of aryl methyl sites for hydroxylation is 1. The van der Waals surface area contributed by atoms with E-state index in [9.17, 15) is 14.4 Å². The van der Waals surface area contributed by atoms with Crippen LogP contribution in [0.2, 0.25) is 0 Å². The number of hydrogen-bond acceptors (Lipinski definition) is 5. The number of ether oxygens (including phenoxy) is 1. The van der Waals surface area contributed by atoms with Gasteiger partial charge in [0.25, 0.3) is 11.5 Å². The molecular formula is C18H26N4O4. The van der Waals surface area contributed by atoms with Gasteiger partial charge in [-0.3, -0.25) is 9.59 Å². The summed E-state index contributed by atoms with van der Waals surface area (Å²) in [7, 11) is 1.52. The van der Waals surface area contributed by atoms with E-state index in [1.807, 2.05) is 11.8 Å². The van der Waals surface area contributed by atoms with E-state index in [-0.39, 0.29) is 29.3 Å². The van der Waals surface area contributed by atoms with Crippen LogP contribution < -0.4 is 5.56 Å². The lowest BCUT2D eigenvalue weighted by molar-refractivity contribution is 0.00283. The standard InChI is InChI=1S/C18H26N4O4/c1-4-5-13(2)22-12-18(26-17(22)25)8-10-21(11-9-18)16(24)14-6-7-15(23)20(3)19-14/h6-7,13H,4-5,8-12H2,1-3H3/t13-/m0/s1. The van der Waals surface area contributed by atoms with Gasteiger partial charge in [-0.05, 0) is 19.4 Å². The first-order chi connectivity index (χ1) is 12.3. The van der Waals surface area contributed by atoms with Crippen molar-refractivity contribution in [3.8, 4) is 0 Å². The summed E-state index contributed by atoms with van der Waals surface area (Å²) in [6.45, 7) is 5.76. The molecule has 0 aliphatic carbocycles. The molecule has 0 bridgehead atoms. The minimum Gasteiger partial charge on any atom is -0.441 e. The Hall–Kier alpha value is -2.38. The third-order valence-electron chi connectivity index (χ3n) is 5.38. The molecule has 2 fully saturated rings. The van der Waals surface area contributed by atoms with Gasteiger partial charge in [0.1, 0.15) is 11.3 Å². The summed E-state index contributed by atoms with van der Waals surface area (Å²) in [4.78, 5) is 39.8. The summed E-state index contributed by atoms with van der Waals surface area (Å²) >= 11 is 0. The van der Waals surface area contributed by atoms with Gasteiger partial charge in [0.2, 0.25) is 0 Å². The van der Waals surface area contributed by atoms with Gasteiger partial charge in [-0.1, -0.05) is 13.3 Å². The number of carbonyl (C=O) groups is 2. The summed E-state index contributed by atoms with van der Waals surface area (Å²) in [6.07, 6.45) is 2.96. The summed E-state index contributed by atoms with van der Waals surface area (Å²) < 4.78 is 6.88. The molecular weight excluding hydrogens is 336 g/mol. The highest BCUT2D eigenvalue weighted by Gasteiger charge is 2.48. The van der Waals surface area contributed by atoms with Crippen molar-refractivity contribution in [2.45, 2.75) is 51.2 Å². The van der Waals surface area contributed by atoms with Crippen LogP contribution in [0.4, 0.5) is 4.79 Å². The molecule has 2 saturated heterocycles. The molecule has 1 aromatic rings. The van der Waals surface area contributed by atoms with Crippen LogP contribution in [0.25, 0.3) is 0 Å². The van der Waals surface area contributed by atoms with E-state index >= 15 is 0 Å². The largest absolute Gasteiger partial charge is 0.441 e. The maximum atomic E-state index is 12.6. The Morgan fingerprint density at radius 2 is 2.00 bits per heavy atom. The van der Waals surface area contributed by atoms with E-state index in [0.717, 1.165) is 17.5 Å². The molecule has 1 atom stereocenters. The molecule has 0 radical (unpaired) electrons. The molecule has 3 heterocycles. The fourth-order valence-electron chi connectivity index (χ4n) is 3.72. The second-order valence-corrected chi connectivity index (χ2v) is 7.29. The average Bonchev–Trinajstić information content (AvgIpc) is 2.94. The number of carbonyl (C=O) groups excluding carboxylic acids is 2. The Balaban J connectivity index is 1.64. The molecule has 0 unspecified atom stereocenters. The molecule has 1 spiro atoms. The number of hydrogen-bond donors (Lipinski definition) is 0. The van der Waals surface area contributed by atoms with Crippen LogP contribution in [0.5, 0.6) is 0 Å². The van der Waals surface area contributed by atoms with Crippen molar-refractivity contribution in [1.29, 1.82) is 0 Å². The van der Waals surface area contributed by atoms with Crippen molar-refractivity contribution in [1.82, 2.24) is 19.6 Å². The lowest BCUT2D eigenvalue weighted by Crippen LogP contribution is -2.49. The van der Waals surface area contributed by atoms with Crippen LogP contribution in [0.1, 0.15) is 50.0 Å². The minimum atomic E-state index is -0.493. The maximum Gasteiger partial charge on any atom is 0.410 e. The Morgan fingerprint density at radius 3 is 2.62 bits per heavy atom. The molecule has 3 rings (SSSR count). The predicted molar refractivity (Wildman–Crippen MR) is 94.9 cm³/mol. The zero-order valence-electron chi connectivity index (χ0n) is 15.6. The van der Waals surface area contributed by atoms with Crippen LogP contribution in [0.15, 0.2) is 16.9 Å². The van der Waals surface area contributed by atoms with Crippen molar-refractivity contribution in [3.63, 3.8) is 0 Å². The molecule has 2 aliphatic rings. The fourth-order valence-corrected chi connectivity index (χ4v) is 3.72. The maximum absolute atomic E-state index is 12.6. The molecule has 8 heteroatoms. The summed E-state index contributed by atoms with van der Waals surface area (Å²) in [5.74, 6) is -0.198. The SMILES string of the molecule is CCC[C@H](C)N1CC2(CCN(C(=O)c3ccc(=O)n(C)n3)CC2)OC1=O. The first-order valence-electron chi connectivity index (χ1n) is 9.18. The van der Waals surface area contributed by atoms with Crippen molar-refractivity contribution < 1.29 is 14.3 Å². The third kappa shape index (κ3) is 3.45. The fraction of sp³-hybridized carbons (Fsp3) is 0.667. The van der Waals surface area contributed by atoms with Gasteiger partial charge >= 0.3 is 6.09 Å². The predicted octanol–water partition coefficient (Wildman–Crippen LogP) is 1.40. The zero-order valence-corrected chi connectivity index (χ0v) is 15.6. The molecule has 0 aromatic carbocycles. The number of piperidine rings is 1. The second kappa shape index (κ2) is 7.09. The zero-order chi connectivity index (χ0) is 18.9. The Bertz CT molecular complexity index is 752. The average molecular weight is 362 g/mol. The van der Waals surface area contributed by atoms with Gasteiger partial charge in [0.05, 0.1) is 6.54 Å². The van der Waals surface area contributed by atoms with Crippen LogP contribution >= 0.6 is 0 Å². The number of aromatic nitrogens is 2. The highest BCUT2D eigenvalue weighted by molar-refractivity contribution is 5.92. The van der Waals surface area contributed by atoms with Crippen molar-refractivity contribution in [2.24, 2.45) is 7.05 Å². The summed E-state index contributed by atoms with van der Waals surface area (Å²) in [6, 6.07) is 2.97. The number of likely N-dealkylation sites (tertiary alicyclic amines) is 1. The molecule has 2 aliphatic heterocycles. The quantitative estimate of drug-likeness (QED) is 0.808. The van der Waals surface area contributed by atoms with Crippen molar-refractivity contribution >= 4 is 12.0 Å². The Kier molecular flexibility index (Phi) is 5.02. The minimum absolute atomic E-state index is 0.168. The van der Waals surface area contributed by atoms with E-state index in [1.165, 1.54) is 19.2 Å². The molecule has 0 N–H and O–H groups in total. The topological polar surface area (TPSA) is 84.7 Å². The number of nitrogens with zero attached hydrogens (tertiary/aromatic N) is 4. The van der Waals surface area contributed by atoms with Crippen molar-refractivity contribution in [2.75, 3.05) is 19.6 Å². The number of rotatable bonds is 4. The molecule has 2 amide bonds. The van der Waals surface area contributed by atoms with Crippen molar-refractivity contribution in [3.05, 3.63) is 28.2 Å². The van der Waals surface area contributed by atoms with Gasteiger partial charge in [0.15, 0.2) is 0 Å². The van der Waals surface area contributed by atoms with E-state index in [0.29, 0.717) is 32.5 Å². The molecule has 0 saturated carbocycles. The van der Waals surface area contributed by atoms with E-state index < -0.39 is 5.60 Å². The van der Waals surface area contributed by atoms with E-state index in [4.69, 9.17) is 4.74 Å².